The molecule has 6 heteroatoms. The van der Waals surface area contributed by atoms with Gasteiger partial charge in [-0.25, -0.2) is 0 Å². The van der Waals surface area contributed by atoms with Gasteiger partial charge in [0.2, 0.25) is 7.37 Å². The maximum atomic E-state index is 11.8. The van der Waals surface area contributed by atoms with E-state index in [1.807, 2.05) is 0 Å². The number of hydrogen-bond donors (Lipinski definition) is 4. The molecule has 0 aromatic rings. The Bertz CT molecular complexity index is 231. The summed E-state index contributed by atoms with van der Waals surface area (Å²) >= 11 is 0. The Kier molecular flexibility index (Phi) is 5.23. The van der Waals surface area contributed by atoms with Crippen LogP contribution in [-0.2, 0) is 4.57 Å². The highest BCUT2D eigenvalue weighted by atomic mass is 31.2. The lowest BCUT2D eigenvalue weighted by Crippen LogP contribution is -3.06. The number of hydrogen-bond acceptors (Lipinski definition) is 1. The molecular formula is C9H25N3O2P+3. The lowest BCUT2D eigenvalue weighted by atomic mass is 10.1. The third-order valence-electron chi connectivity index (χ3n) is 3.07. The third-order valence-corrected chi connectivity index (χ3v) is 4.89. The molecule has 90 valence electrons. The second-order valence-electron chi connectivity index (χ2n) is 4.44. The Balaban J connectivity index is 2.68. The Hall–Kier alpha value is 0.0700. The molecule has 0 amide bonds. The van der Waals surface area contributed by atoms with E-state index in [1.165, 1.54) is 6.66 Å². The highest BCUT2D eigenvalue weighted by Crippen LogP contribution is 2.41. The summed E-state index contributed by atoms with van der Waals surface area (Å²) < 4.78 is 11.8. The van der Waals surface area contributed by atoms with Gasteiger partial charge in [-0.15, -0.1) is 0 Å². The second-order valence-corrected chi connectivity index (χ2v) is 6.99. The van der Waals surface area contributed by atoms with E-state index in [2.05, 4.69) is 22.9 Å². The van der Waals surface area contributed by atoms with Gasteiger partial charge in [-0.2, -0.15) is 0 Å². The van der Waals surface area contributed by atoms with E-state index < -0.39 is 7.37 Å². The van der Waals surface area contributed by atoms with Crippen LogP contribution in [0.4, 0.5) is 0 Å². The van der Waals surface area contributed by atoms with Gasteiger partial charge in [0.05, 0.1) is 13.1 Å². The Morgan fingerprint density at radius 2 is 2.00 bits per heavy atom. The van der Waals surface area contributed by atoms with E-state index in [0.29, 0.717) is 0 Å². The van der Waals surface area contributed by atoms with E-state index >= 15 is 0 Å². The minimum atomic E-state index is -2.96. The molecule has 15 heavy (non-hydrogen) atoms. The van der Waals surface area contributed by atoms with Crippen molar-refractivity contribution in [1.29, 1.82) is 0 Å². The molecule has 0 saturated carbocycles. The van der Waals surface area contributed by atoms with E-state index in [-0.39, 0.29) is 11.7 Å². The fourth-order valence-electron chi connectivity index (χ4n) is 2.27. The molecule has 1 saturated heterocycles. The van der Waals surface area contributed by atoms with Crippen LogP contribution in [0.15, 0.2) is 0 Å². The molecule has 0 aromatic carbocycles. The number of quaternary nitrogens is 3. The largest absolute Gasteiger partial charge is 0.344 e. The average Bonchev–Trinajstić information content (AvgIpc) is 2.07. The molecule has 1 aliphatic heterocycles. The molecule has 1 heterocycles. The van der Waals surface area contributed by atoms with Gasteiger partial charge in [-0.1, -0.05) is 0 Å². The summed E-state index contributed by atoms with van der Waals surface area (Å²) in [7, 11) is -2.96. The number of rotatable bonds is 3. The van der Waals surface area contributed by atoms with Crippen molar-refractivity contribution in [2.75, 3.05) is 39.4 Å². The fraction of sp³-hybridized carbons (Fsp3) is 1.00. The molecular weight excluding hydrogens is 213 g/mol. The minimum absolute atomic E-state index is 0.0611. The van der Waals surface area contributed by atoms with Crippen molar-refractivity contribution < 1.29 is 25.4 Å². The summed E-state index contributed by atoms with van der Waals surface area (Å²) in [5.41, 5.74) is -0.0611. The van der Waals surface area contributed by atoms with Crippen LogP contribution >= 0.6 is 7.37 Å². The SMILES string of the molecule is CC[NH2+][C@H]1C[NH2+]CC[NH2+]C[C@@H]1P(C)(=O)O. The molecule has 0 bridgehead atoms. The highest BCUT2D eigenvalue weighted by Gasteiger charge is 2.39. The first-order chi connectivity index (χ1) is 7.05. The van der Waals surface area contributed by atoms with Crippen molar-refractivity contribution in [3.8, 4) is 0 Å². The quantitative estimate of drug-likeness (QED) is 0.382. The molecule has 0 aromatic heterocycles. The first kappa shape index (κ1) is 13.1. The maximum Gasteiger partial charge on any atom is 0.212 e. The van der Waals surface area contributed by atoms with Crippen molar-refractivity contribution in [2.24, 2.45) is 0 Å². The Morgan fingerprint density at radius 3 is 2.53 bits per heavy atom. The van der Waals surface area contributed by atoms with Crippen LogP contribution in [0.2, 0.25) is 0 Å². The summed E-state index contributed by atoms with van der Waals surface area (Å²) in [5.74, 6) is 0. The maximum absolute atomic E-state index is 11.8. The van der Waals surface area contributed by atoms with Gasteiger partial charge in [0.15, 0.2) is 6.04 Å². The first-order valence-corrected chi connectivity index (χ1v) is 8.00. The van der Waals surface area contributed by atoms with E-state index in [9.17, 15) is 9.46 Å². The standard InChI is InChI=1S/C9H22N3O2P/c1-3-12-8-6-10-4-5-11-7-9(8)15(2,13)14/h8-12H,3-7H2,1-2H3,(H,13,14)/p+3/t8-,9-/m0/s1. The molecule has 0 aliphatic carbocycles. The van der Waals surface area contributed by atoms with Crippen molar-refractivity contribution >= 4 is 7.37 Å². The molecule has 7 N–H and O–H groups in total. The van der Waals surface area contributed by atoms with Crippen LogP contribution < -0.4 is 16.0 Å². The minimum Gasteiger partial charge on any atom is -0.344 e. The van der Waals surface area contributed by atoms with Gasteiger partial charge < -0.3 is 20.8 Å². The zero-order chi connectivity index (χ0) is 11.3. The van der Waals surface area contributed by atoms with Gasteiger partial charge in [0, 0.05) is 6.66 Å². The average molecular weight is 238 g/mol. The molecule has 3 atom stereocenters. The van der Waals surface area contributed by atoms with E-state index in [1.54, 1.807) is 0 Å². The van der Waals surface area contributed by atoms with E-state index in [4.69, 9.17) is 0 Å². The van der Waals surface area contributed by atoms with Gasteiger partial charge >= 0.3 is 0 Å². The lowest BCUT2D eigenvalue weighted by molar-refractivity contribution is -0.782. The summed E-state index contributed by atoms with van der Waals surface area (Å²) in [6.07, 6.45) is 0. The zero-order valence-corrected chi connectivity index (χ0v) is 10.6. The van der Waals surface area contributed by atoms with Crippen molar-refractivity contribution in [3.63, 3.8) is 0 Å². The smallest absolute Gasteiger partial charge is 0.212 e. The second kappa shape index (κ2) is 5.97. The summed E-state index contributed by atoms with van der Waals surface area (Å²) in [6.45, 7) is 8.50. The lowest BCUT2D eigenvalue weighted by Gasteiger charge is -2.26. The van der Waals surface area contributed by atoms with Crippen LogP contribution in [0.3, 0.4) is 0 Å². The van der Waals surface area contributed by atoms with Gasteiger partial charge in [0.25, 0.3) is 0 Å². The van der Waals surface area contributed by atoms with Crippen LogP contribution in [0.5, 0.6) is 0 Å². The normalized spacial score (nSPS) is 32.7. The van der Waals surface area contributed by atoms with Crippen LogP contribution in [0.25, 0.3) is 0 Å². The topological polar surface area (TPSA) is 87.1 Å². The molecule has 1 fully saturated rings. The number of nitrogens with two attached hydrogens (primary N) is 3. The van der Waals surface area contributed by atoms with Crippen molar-refractivity contribution in [3.05, 3.63) is 0 Å². The third kappa shape index (κ3) is 4.21. The monoisotopic (exact) mass is 238 g/mol. The van der Waals surface area contributed by atoms with Gasteiger partial charge in [-0.3, -0.25) is 4.57 Å². The number of likely N-dealkylation sites (N-methyl/N-ethyl adjacent to an activating group) is 1. The van der Waals surface area contributed by atoms with Crippen molar-refractivity contribution in [1.82, 2.24) is 0 Å². The van der Waals surface area contributed by atoms with Crippen LogP contribution in [0, 0.1) is 0 Å². The predicted molar refractivity (Wildman–Crippen MR) is 59.1 cm³/mol. The predicted octanol–water partition coefficient (Wildman–Crippen LogP) is -3.65. The molecule has 1 aliphatic rings. The molecule has 1 unspecified atom stereocenters. The van der Waals surface area contributed by atoms with E-state index in [0.717, 1.165) is 32.7 Å². The summed E-state index contributed by atoms with van der Waals surface area (Å²) in [5, 5.41) is 6.63. The zero-order valence-electron chi connectivity index (χ0n) is 9.72. The molecule has 5 nitrogen and oxygen atoms in total. The summed E-state index contributed by atoms with van der Waals surface area (Å²) in [4.78, 5) is 9.76. The Morgan fingerprint density at radius 1 is 1.40 bits per heavy atom. The first-order valence-electron chi connectivity index (χ1n) is 5.82. The summed E-state index contributed by atoms with van der Waals surface area (Å²) in [6, 6.07) is 0.285. The van der Waals surface area contributed by atoms with Crippen LogP contribution in [-0.4, -0.2) is 56.0 Å². The molecule has 1 rings (SSSR count). The van der Waals surface area contributed by atoms with Crippen molar-refractivity contribution in [2.45, 2.75) is 18.6 Å². The van der Waals surface area contributed by atoms with Gasteiger partial charge in [0.1, 0.15) is 25.3 Å². The molecule has 0 spiro atoms. The van der Waals surface area contributed by atoms with Gasteiger partial charge in [-0.05, 0) is 6.92 Å². The molecule has 0 radical (unpaired) electrons. The fourth-order valence-corrected chi connectivity index (χ4v) is 3.77. The Labute approximate surface area is 91.5 Å². The highest BCUT2D eigenvalue weighted by molar-refractivity contribution is 7.58. The van der Waals surface area contributed by atoms with Crippen LogP contribution in [0.1, 0.15) is 6.92 Å².